The summed E-state index contributed by atoms with van der Waals surface area (Å²) in [5.74, 6) is -0.973. The number of hydrogen-bond donors (Lipinski definition) is 2. The van der Waals surface area contributed by atoms with Gasteiger partial charge in [0.1, 0.15) is 36.6 Å². The summed E-state index contributed by atoms with van der Waals surface area (Å²) in [6.45, 7) is -6.97. The third-order valence-electron chi connectivity index (χ3n) is 7.75. The second kappa shape index (κ2) is 11.5. The van der Waals surface area contributed by atoms with Crippen molar-refractivity contribution in [2.75, 3.05) is 38.0 Å². The van der Waals surface area contributed by atoms with E-state index in [-0.39, 0.29) is 51.2 Å². The Morgan fingerprint density at radius 3 is 2.42 bits per heavy atom. The van der Waals surface area contributed by atoms with Gasteiger partial charge in [-0.1, -0.05) is 0 Å². The molecule has 2 bridgehead atoms. The molecule has 3 aliphatic heterocycles. The van der Waals surface area contributed by atoms with Crippen LogP contribution in [0, 0.1) is 0 Å². The van der Waals surface area contributed by atoms with E-state index in [9.17, 15) is 9.46 Å². The molecule has 24 heteroatoms. The number of anilines is 2. The van der Waals surface area contributed by atoms with Crippen LogP contribution in [0.4, 0.5) is 16.0 Å². The van der Waals surface area contributed by atoms with Crippen LogP contribution in [-0.4, -0.2) is 77.4 Å². The first-order chi connectivity index (χ1) is 22.7. The maximum atomic E-state index is 16.3. The summed E-state index contributed by atoms with van der Waals surface area (Å²) in [5.41, 5.74) is 9.38. The molecule has 0 saturated carbocycles. The van der Waals surface area contributed by atoms with Gasteiger partial charge in [0, 0.05) is 0 Å². The van der Waals surface area contributed by atoms with Crippen molar-refractivity contribution in [1.82, 2.24) is 39.0 Å². The monoisotopic (exact) mass is 743 g/mol. The van der Waals surface area contributed by atoms with Gasteiger partial charge in [0.2, 0.25) is 18.1 Å². The lowest BCUT2D eigenvalue weighted by Gasteiger charge is -2.36. The fraction of sp³-hybridized carbons (Fsp3) is 0.417. The molecule has 0 radical (unpaired) electrons. The molecule has 0 saturated heterocycles. The highest BCUT2D eigenvalue weighted by molar-refractivity contribution is 8.54. The van der Waals surface area contributed by atoms with Crippen LogP contribution in [0.25, 0.3) is 22.3 Å². The fourth-order valence-electron chi connectivity index (χ4n) is 5.56. The highest BCUT2D eigenvalue weighted by Crippen LogP contribution is 2.64. The van der Waals surface area contributed by atoms with Crippen molar-refractivity contribution in [3.63, 3.8) is 0 Å². The lowest BCUT2D eigenvalue weighted by molar-refractivity contribution is -0.209. The Labute approximate surface area is 279 Å². The van der Waals surface area contributed by atoms with Crippen LogP contribution in [0.5, 0.6) is 0 Å². The molecule has 4 aromatic rings. The summed E-state index contributed by atoms with van der Waals surface area (Å²) in [5, 5.41) is 0. The van der Waals surface area contributed by atoms with Gasteiger partial charge in [0.25, 0.3) is 0 Å². The van der Waals surface area contributed by atoms with Gasteiger partial charge in [-0.25, -0.2) is 38.9 Å². The van der Waals surface area contributed by atoms with Crippen molar-refractivity contribution in [2.24, 2.45) is 0 Å². The molecular formula is C24H26FN10O9P2S2-. The predicted molar refractivity (Wildman–Crippen MR) is 168 cm³/mol. The Hall–Kier alpha value is -3.62. The van der Waals surface area contributed by atoms with Gasteiger partial charge >= 0.3 is 6.80 Å². The number of rotatable bonds is 4. The number of ether oxygens (including phenoxy) is 3. The lowest BCUT2D eigenvalue weighted by Crippen LogP contribution is -2.40. The quantitative estimate of drug-likeness (QED) is 0.285. The van der Waals surface area contributed by atoms with E-state index in [2.05, 4.69) is 29.9 Å². The minimum Gasteiger partial charge on any atom is -0.770 e. The zero-order valence-corrected chi connectivity index (χ0v) is 28.8. The molecule has 0 aliphatic carbocycles. The number of methoxy groups -OCH3 is 1. The van der Waals surface area contributed by atoms with Gasteiger partial charge in [-0.3, -0.25) is 13.7 Å². The molecular weight excluding hydrogens is 717 g/mol. The van der Waals surface area contributed by atoms with E-state index in [0.29, 0.717) is 11.4 Å². The molecule has 5 unspecified atom stereocenters. The van der Waals surface area contributed by atoms with Crippen molar-refractivity contribution in [2.45, 2.75) is 37.6 Å². The molecule has 0 amide bonds. The van der Waals surface area contributed by atoms with Crippen molar-refractivity contribution in [1.29, 1.82) is 0 Å². The third-order valence-corrected chi connectivity index (χ3v) is 12.3. The van der Waals surface area contributed by atoms with E-state index in [1.165, 1.54) is 54.7 Å². The fourth-order valence-corrected chi connectivity index (χ4v) is 8.76. The Morgan fingerprint density at radius 2 is 1.73 bits per heavy atom. The van der Waals surface area contributed by atoms with Crippen LogP contribution in [-0.2, 0) is 54.4 Å². The summed E-state index contributed by atoms with van der Waals surface area (Å²) >= 11 is 5.98. The standard InChI is InChI=1S/C24H27FN10O9P2S2/c1-23-6-40-46(37,48-4)42-15-11(41-22(12(15)25)34-9-32-13-18(26)28-7-30-20(13)34)5-39-45(36,47)43-17(16(23)38-3)24(2,44-23)35-10-33-14-19(27)29-8-31-21(14)35/h7-10,12,22H,5-6H2,1-4H3,(H,36,47)(H2,26,28,30)(H2,27,29,31)/p-1/t12-,22?,23?,24?,45?,46?/m0/s1. The molecule has 0 fully saturated rings. The molecule has 48 heavy (non-hydrogen) atoms. The minimum atomic E-state index is -4.55. The van der Waals surface area contributed by atoms with Crippen LogP contribution in [0.2, 0.25) is 0 Å². The Balaban J connectivity index is 1.30. The highest BCUT2D eigenvalue weighted by atomic mass is 32.7. The van der Waals surface area contributed by atoms with E-state index in [1.807, 2.05) is 0 Å². The predicted octanol–water partition coefficient (Wildman–Crippen LogP) is 2.36. The highest BCUT2D eigenvalue weighted by Gasteiger charge is 2.57. The summed E-state index contributed by atoms with van der Waals surface area (Å²) in [6.07, 6.45) is 2.85. The van der Waals surface area contributed by atoms with Gasteiger partial charge in [-0.15, -0.1) is 0 Å². The number of alkyl halides is 1. The number of nitrogens with two attached hydrogens (primary N) is 2. The largest absolute Gasteiger partial charge is 0.770 e. The first-order valence-corrected chi connectivity index (χ1v) is 19.7. The van der Waals surface area contributed by atoms with Gasteiger partial charge in [0.05, 0.1) is 20.0 Å². The second-order valence-corrected chi connectivity index (χ2v) is 17.6. The first-order valence-electron chi connectivity index (χ1n) is 13.8. The number of nitrogen functional groups attached to an aromatic ring is 2. The maximum absolute atomic E-state index is 16.3. The number of imidazole rings is 2. The van der Waals surface area contributed by atoms with Gasteiger partial charge < -0.3 is 44.1 Å². The Bertz CT molecular complexity index is 2130. The molecule has 7 rings (SSSR count). The molecule has 4 aromatic heterocycles. The van der Waals surface area contributed by atoms with Gasteiger partial charge in [0.15, 0.2) is 58.3 Å². The van der Waals surface area contributed by atoms with Crippen LogP contribution >= 0.6 is 24.9 Å². The van der Waals surface area contributed by atoms with Crippen LogP contribution in [0.15, 0.2) is 48.3 Å². The van der Waals surface area contributed by atoms with Crippen LogP contribution in [0.3, 0.4) is 0 Å². The minimum absolute atomic E-state index is 0.0390. The zero-order valence-electron chi connectivity index (χ0n) is 25.4. The molecule has 0 aromatic carbocycles. The van der Waals surface area contributed by atoms with Crippen molar-refractivity contribution < 1.29 is 46.2 Å². The van der Waals surface area contributed by atoms with Crippen molar-refractivity contribution in [3.8, 4) is 0 Å². The number of fused-ring (bicyclic) bond motifs is 3. The average molecular weight is 744 g/mol. The maximum Gasteiger partial charge on any atom is 0.439 e. The summed E-state index contributed by atoms with van der Waals surface area (Å²) in [6, 6.07) is 0. The normalized spacial score (nSPS) is 32.6. The topological polar surface area (TPSA) is 244 Å². The molecule has 3 aliphatic rings. The SMILES string of the molecule is COC1=C2OP([O-])(=S)OCC3=C(OP(=O)(SC)OCC1(C)OC2(C)n1cnc2c(N)ncnc21)[C@H](F)C(n1cnc2c(N)ncnc21)O3. The summed E-state index contributed by atoms with van der Waals surface area (Å²) in [7, 11) is 1.31. The van der Waals surface area contributed by atoms with Crippen molar-refractivity contribution >= 4 is 70.7 Å². The molecule has 7 heterocycles. The summed E-state index contributed by atoms with van der Waals surface area (Å²) < 4.78 is 74.3. The van der Waals surface area contributed by atoms with E-state index >= 15 is 4.39 Å². The molecule has 6 atom stereocenters. The third kappa shape index (κ3) is 5.18. The molecule has 19 nitrogen and oxygen atoms in total. The van der Waals surface area contributed by atoms with E-state index < -0.39 is 56.2 Å². The number of aromatic nitrogens is 8. The zero-order chi connectivity index (χ0) is 34.2. The lowest BCUT2D eigenvalue weighted by atomic mass is 10.1. The average Bonchev–Trinajstić information content (AvgIpc) is 3.79. The van der Waals surface area contributed by atoms with E-state index in [1.54, 1.807) is 6.92 Å². The molecule has 4 N–H and O–H groups in total. The van der Waals surface area contributed by atoms with E-state index in [0.717, 1.165) is 0 Å². The first kappa shape index (κ1) is 32.9. The van der Waals surface area contributed by atoms with Crippen LogP contribution < -0.4 is 16.4 Å². The van der Waals surface area contributed by atoms with Crippen molar-refractivity contribution in [3.05, 3.63) is 48.3 Å². The molecule has 256 valence electrons. The number of hydrogen-bond acceptors (Lipinski definition) is 19. The Kier molecular flexibility index (Phi) is 7.87. The smallest absolute Gasteiger partial charge is 0.439 e. The van der Waals surface area contributed by atoms with Gasteiger partial charge in [-0.05, 0) is 43.3 Å². The number of halogens is 1. The summed E-state index contributed by atoms with van der Waals surface area (Å²) in [4.78, 5) is 38.6. The van der Waals surface area contributed by atoms with E-state index in [4.69, 9.17) is 55.6 Å². The van der Waals surface area contributed by atoms with Crippen LogP contribution in [0.1, 0.15) is 20.1 Å². The second-order valence-electron chi connectivity index (χ2n) is 10.8. The molecule has 0 spiro atoms. The van der Waals surface area contributed by atoms with Gasteiger partial charge in [-0.2, -0.15) is 0 Å². The number of nitrogens with zero attached hydrogens (tertiary/aromatic N) is 8. The Morgan fingerprint density at radius 1 is 1.06 bits per heavy atom.